The van der Waals surface area contributed by atoms with E-state index in [9.17, 15) is 9.59 Å². The molecule has 0 aromatic heterocycles. The number of benzene rings is 2. The van der Waals surface area contributed by atoms with Crippen LogP contribution >= 0.6 is 0 Å². The van der Waals surface area contributed by atoms with Crippen molar-refractivity contribution in [2.45, 2.75) is 45.2 Å². The minimum absolute atomic E-state index is 0.0347. The fourth-order valence-electron chi connectivity index (χ4n) is 3.80. The molecule has 1 N–H and O–H groups in total. The van der Waals surface area contributed by atoms with Gasteiger partial charge in [0, 0.05) is 29.8 Å². The Labute approximate surface area is 154 Å². The van der Waals surface area contributed by atoms with Crippen LogP contribution in [0, 0.1) is 5.92 Å². The van der Waals surface area contributed by atoms with E-state index in [4.69, 9.17) is 0 Å². The number of anilines is 1. The van der Waals surface area contributed by atoms with E-state index in [1.54, 1.807) is 0 Å². The molecular weight excluding hydrogens is 324 g/mol. The molecule has 2 aromatic carbocycles. The van der Waals surface area contributed by atoms with E-state index in [2.05, 4.69) is 30.4 Å². The average Bonchev–Trinajstić information content (AvgIpc) is 2.93. The van der Waals surface area contributed by atoms with Crippen molar-refractivity contribution in [1.82, 2.24) is 5.32 Å². The summed E-state index contributed by atoms with van der Waals surface area (Å²) in [6.07, 6.45) is 4.04. The van der Waals surface area contributed by atoms with Crippen molar-refractivity contribution in [3.63, 3.8) is 0 Å². The quantitative estimate of drug-likeness (QED) is 0.916. The van der Waals surface area contributed by atoms with Crippen LogP contribution in [0.5, 0.6) is 0 Å². The monoisotopic (exact) mass is 348 g/mol. The molecule has 2 amide bonds. The fraction of sp³-hybridized carbons (Fsp3) is 0.364. The van der Waals surface area contributed by atoms with Crippen molar-refractivity contribution in [3.05, 3.63) is 65.2 Å². The smallest absolute Gasteiger partial charge is 0.258 e. The molecule has 0 bridgehead atoms. The molecule has 26 heavy (non-hydrogen) atoms. The molecule has 0 unspecified atom stereocenters. The molecule has 1 aliphatic heterocycles. The van der Waals surface area contributed by atoms with Crippen LogP contribution in [0.15, 0.2) is 48.5 Å². The van der Waals surface area contributed by atoms with Crippen LogP contribution in [-0.4, -0.2) is 17.9 Å². The second-order valence-electron chi connectivity index (χ2n) is 7.40. The fourth-order valence-corrected chi connectivity index (χ4v) is 3.80. The van der Waals surface area contributed by atoms with Gasteiger partial charge in [0.2, 0.25) is 5.91 Å². The highest BCUT2D eigenvalue weighted by Crippen LogP contribution is 2.34. The molecule has 1 heterocycles. The molecule has 0 saturated heterocycles. The first-order valence-electron chi connectivity index (χ1n) is 9.41. The zero-order valence-electron chi connectivity index (χ0n) is 15.1. The van der Waals surface area contributed by atoms with Crippen LogP contribution in [0.25, 0.3) is 0 Å². The van der Waals surface area contributed by atoms with Crippen molar-refractivity contribution >= 4 is 17.5 Å². The normalized spacial score (nSPS) is 19.0. The van der Waals surface area contributed by atoms with Gasteiger partial charge in [-0.3, -0.25) is 9.59 Å². The highest BCUT2D eigenvalue weighted by Gasteiger charge is 2.31. The summed E-state index contributed by atoms with van der Waals surface area (Å²) in [5, 5.41) is 3.04. The van der Waals surface area contributed by atoms with Gasteiger partial charge < -0.3 is 10.2 Å². The first-order valence-corrected chi connectivity index (χ1v) is 9.41. The van der Waals surface area contributed by atoms with Gasteiger partial charge in [-0.25, -0.2) is 0 Å². The summed E-state index contributed by atoms with van der Waals surface area (Å²) in [5.74, 6) is 0.385. The predicted molar refractivity (Wildman–Crippen MR) is 102 cm³/mol. The van der Waals surface area contributed by atoms with Crippen LogP contribution in [0.1, 0.15) is 47.7 Å². The molecule has 1 aliphatic carbocycles. The van der Waals surface area contributed by atoms with Gasteiger partial charge in [-0.2, -0.15) is 0 Å². The number of amides is 2. The van der Waals surface area contributed by atoms with Crippen LogP contribution in [0.2, 0.25) is 0 Å². The van der Waals surface area contributed by atoms with Crippen LogP contribution in [-0.2, 0) is 17.8 Å². The standard InChI is InChI=1S/C22H24N2O2/c1-15-12-19-11-10-16(14-23-21(25)17-8-5-9-17)13-20(19)24(15)22(26)18-6-3-2-4-7-18/h2-4,6-7,10-11,13,15,17H,5,8-9,12,14H2,1H3,(H,23,25)/t15-/m1/s1. The van der Waals surface area contributed by atoms with Gasteiger partial charge >= 0.3 is 0 Å². The third-order valence-electron chi connectivity index (χ3n) is 5.55. The van der Waals surface area contributed by atoms with Crippen molar-refractivity contribution in [3.8, 4) is 0 Å². The van der Waals surface area contributed by atoms with Crippen LogP contribution in [0.4, 0.5) is 5.69 Å². The van der Waals surface area contributed by atoms with E-state index in [0.29, 0.717) is 12.1 Å². The summed E-state index contributed by atoms with van der Waals surface area (Å²) >= 11 is 0. The van der Waals surface area contributed by atoms with Crippen molar-refractivity contribution in [1.29, 1.82) is 0 Å². The Morgan fingerprint density at radius 3 is 2.58 bits per heavy atom. The molecule has 2 aliphatic rings. The first-order chi connectivity index (χ1) is 12.6. The van der Waals surface area contributed by atoms with Crippen LogP contribution < -0.4 is 10.2 Å². The Morgan fingerprint density at radius 1 is 1.12 bits per heavy atom. The van der Waals surface area contributed by atoms with E-state index in [-0.39, 0.29) is 23.8 Å². The summed E-state index contributed by atoms with van der Waals surface area (Å²) in [7, 11) is 0. The Morgan fingerprint density at radius 2 is 1.88 bits per heavy atom. The Hall–Kier alpha value is -2.62. The summed E-state index contributed by atoms with van der Waals surface area (Å²) in [6, 6.07) is 15.8. The molecule has 4 rings (SSSR count). The van der Waals surface area contributed by atoms with E-state index in [0.717, 1.165) is 36.9 Å². The van der Waals surface area contributed by atoms with E-state index < -0.39 is 0 Å². The summed E-state index contributed by atoms with van der Waals surface area (Å²) in [5.41, 5.74) is 3.91. The van der Waals surface area contributed by atoms with Crippen molar-refractivity contribution < 1.29 is 9.59 Å². The minimum atomic E-state index is 0.0347. The van der Waals surface area contributed by atoms with Crippen molar-refractivity contribution in [2.75, 3.05) is 4.90 Å². The van der Waals surface area contributed by atoms with Gasteiger partial charge in [-0.1, -0.05) is 36.8 Å². The lowest BCUT2D eigenvalue weighted by Crippen LogP contribution is -2.36. The molecule has 1 fully saturated rings. The lowest BCUT2D eigenvalue weighted by Gasteiger charge is -2.24. The largest absolute Gasteiger partial charge is 0.352 e. The number of fused-ring (bicyclic) bond motifs is 1. The zero-order chi connectivity index (χ0) is 18.1. The molecule has 0 radical (unpaired) electrons. The molecule has 1 atom stereocenters. The maximum atomic E-state index is 13.0. The average molecular weight is 348 g/mol. The van der Waals surface area contributed by atoms with Crippen molar-refractivity contribution in [2.24, 2.45) is 5.92 Å². The Kier molecular flexibility index (Phi) is 4.49. The molecular formula is C22H24N2O2. The Bertz CT molecular complexity index is 827. The van der Waals surface area contributed by atoms with Gasteiger partial charge in [-0.15, -0.1) is 0 Å². The maximum Gasteiger partial charge on any atom is 0.258 e. The number of hydrogen-bond donors (Lipinski definition) is 1. The SMILES string of the molecule is C[C@@H]1Cc2ccc(CNC(=O)C3CCC3)cc2N1C(=O)c1ccccc1. The zero-order valence-corrected chi connectivity index (χ0v) is 15.1. The number of nitrogens with one attached hydrogen (secondary N) is 1. The van der Waals surface area contributed by atoms with E-state index in [1.165, 1.54) is 5.56 Å². The van der Waals surface area contributed by atoms with E-state index >= 15 is 0 Å². The predicted octanol–water partition coefficient (Wildman–Crippen LogP) is 3.69. The molecule has 4 heteroatoms. The first kappa shape index (κ1) is 16.8. The third kappa shape index (κ3) is 3.12. The van der Waals surface area contributed by atoms with Gasteiger partial charge in [0.25, 0.3) is 5.91 Å². The lowest BCUT2D eigenvalue weighted by molar-refractivity contribution is -0.127. The van der Waals surface area contributed by atoms with Gasteiger partial charge in [-0.05, 0) is 55.5 Å². The second kappa shape index (κ2) is 6.94. The van der Waals surface area contributed by atoms with Gasteiger partial charge in [0.15, 0.2) is 0 Å². The Balaban J connectivity index is 1.53. The van der Waals surface area contributed by atoms with Crippen LogP contribution in [0.3, 0.4) is 0 Å². The van der Waals surface area contributed by atoms with Gasteiger partial charge in [0.1, 0.15) is 0 Å². The molecule has 4 nitrogen and oxygen atoms in total. The maximum absolute atomic E-state index is 13.0. The molecule has 134 valence electrons. The number of carbonyl (C=O) groups is 2. The molecule has 0 spiro atoms. The number of hydrogen-bond acceptors (Lipinski definition) is 2. The topological polar surface area (TPSA) is 49.4 Å². The number of nitrogens with zero attached hydrogens (tertiary/aromatic N) is 1. The lowest BCUT2D eigenvalue weighted by atomic mass is 9.85. The second-order valence-corrected chi connectivity index (χ2v) is 7.40. The molecule has 2 aromatic rings. The highest BCUT2D eigenvalue weighted by atomic mass is 16.2. The number of carbonyl (C=O) groups excluding carboxylic acids is 2. The van der Waals surface area contributed by atoms with E-state index in [1.807, 2.05) is 35.2 Å². The summed E-state index contributed by atoms with van der Waals surface area (Å²) in [4.78, 5) is 26.9. The summed E-state index contributed by atoms with van der Waals surface area (Å²) < 4.78 is 0. The third-order valence-corrected chi connectivity index (χ3v) is 5.55. The minimum Gasteiger partial charge on any atom is -0.352 e. The summed E-state index contributed by atoms with van der Waals surface area (Å²) in [6.45, 7) is 2.60. The van der Waals surface area contributed by atoms with Gasteiger partial charge in [0.05, 0.1) is 0 Å². The number of rotatable bonds is 4. The highest BCUT2D eigenvalue weighted by molar-refractivity contribution is 6.07. The molecule has 1 saturated carbocycles.